The van der Waals surface area contributed by atoms with E-state index in [9.17, 15) is 14.4 Å². The van der Waals surface area contributed by atoms with Gasteiger partial charge in [-0.15, -0.1) is 11.3 Å². The van der Waals surface area contributed by atoms with E-state index >= 15 is 0 Å². The van der Waals surface area contributed by atoms with Crippen molar-refractivity contribution in [2.75, 3.05) is 6.61 Å². The minimum absolute atomic E-state index is 0.00480. The monoisotopic (exact) mass is 358 g/mol. The van der Waals surface area contributed by atoms with Crippen LogP contribution in [0.2, 0.25) is 0 Å². The normalized spacial score (nSPS) is 22.7. The minimum Gasteiger partial charge on any atom is -0.466 e. The van der Waals surface area contributed by atoms with Gasteiger partial charge in [-0.05, 0) is 56.4 Å². The molecule has 0 bridgehead atoms. The lowest BCUT2D eigenvalue weighted by molar-refractivity contribution is -0.146. The maximum Gasteiger partial charge on any atom is 0.313 e. The van der Waals surface area contributed by atoms with Crippen molar-refractivity contribution in [1.82, 2.24) is 0 Å². The Morgan fingerprint density at radius 3 is 2.76 bits per heavy atom. The van der Waals surface area contributed by atoms with Crippen LogP contribution in [0, 0.1) is 25.7 Å². The molecule has 132 valence electrons. The predicted octanol–water partition coefficient (Wildman–Crippen LogP) is 3.67. The van der Waals surface area contributed by atoms with Crippen molar-refractivity contribution in [3.8, 4) is 0 Å². The molecule has 0 fully saturated rings. The molecule has 0 radical (unpaired) electrons. The van der Waals surface area contributed by atoms with E-state index in [4.69, 9.17) is 4.74 Å². The second-order valence-corrected chi connectivity index (χ2v) is 8.07. The van der Waals surface area contributed by atoms with Gasteiger partial charge in [-0.25, -0.2) is 0 Å². The fourth-order valence-electron chi connectivity index (χ4n) is 3.97. The zero-order valence-corrected chi connectivity index (χ0v) is 15.5. The Labute approximate surface area is 151 Å². The number of thiophene rings is 1. The highest BCUT2D eigenvalue weighted by Gasteiger charge is 2.45. The zero-order chi connectivity index (χ0) is 18.1. The van der Waals surface area contributed by atoms with Crippen LogP contribution in [0.15, 0.2) is 29.9 Å². The molecule has 0 N–H and O–H groups in total. The average Bonchev–Trinajstić information content (AvgIpc) is 3.17. The van der Waals surface area contributed by atoms with E-state index in [1.807, 2.05) is 26.0 Å². The fourth-order valence-corrected chi connectivity index (χ4v) is 4.94. The smallest absolute Gasteiger partial charge is 0.313 e. The average molecular weight is 358 g/mol. The SMILES string of the molecule is CCOC(=O)CC(=O)C(c1cc(C)sc1C)C1C(=O)C=C2C=CCC21. The van der Waals surface area contributed by atoms with Gasteiger partial charge >= 0.3 is 5.97 Å². The van der Waals surface area contributed by atoms with E-state index in [0.717, 1.165) is 27.3 Å². The molecule has 3 rings (SSSR count). The molecule has 0 amide bonds. The first-order chi connectivity index (χ1) is 11.9. The summed E-state index contributed by atoms with van der Waals surface area (Å²) in [6.07, 6.45) is 6.17. The Hall–Kier alpha value is -2.01. The van der Waals surface area contributed by atoms with Gasteiger partial charge in [0, 0.05) is 15.7 Å². The highest BCUT2D eigenvalue weighted by Crippen LogP contribution is 2.46. The summed E-state index contributed by atoms with van der Waals surface area (Å²) in [5.41, 5.74) is 1.89. The highest BCUT2D eigenvalue weighted by atomic mass is 32.1. The van der Waals surface area contributed by atoms with Crippen LogP contribution < -0.4 is 0 Å². The molecule has 0 aliphatic heterocycles. The molecule has 5 heteroatoms. The Morgan fingerprint density at radius 2 is 2.12 bits per heavy atom. The molecule has 0 spiro atoms. The van der Waals surface area contributed by atoms with Crippen LogP contribution in [0.25, 0.3) is 0 Å². The largest absolute Gasteiger partial charge is 0.466 e. The predicted molar refractivity (Wildman–Crippen MR) is 96.6 cm³/mol. The van der Waals surface area contributed by atoms with Gasteiger partial charge in [-0.2, -0.15) is 0 Å². The summed E-state index contributed by atoms with van der Waals surface area (Å²) in [6, 6.07) is 1.99. The van der Waals surface area contributed by atoms with Gasteiger partial charge in [0.2, 0.25) is 0 Å². The number of esters is 1. The number of aryl methyl sites for hydroxylation is 2. The number of fused-ring (bicyclic) bond motifs is 1. The summed E-state index contributed by atoms with van der Waals surface area (Å²) in [7, 11) is 0. The lowest BCUT2D eigenvalue weighted by Gasteiger charge is -2.26. The first-order valence-electron chi connectivity index (χ1n) is 8.59. The van der Waals surface area contributed by atoms with Crippen molar-refractivity contribution in [2.45, 2.75) is 39.5 Å². The summed E-state index contributed by atoms with van der Waals surface area (Å²) in [5, 5.41) is 0. The van der Waals surface area contributed by atoms with E-state index in [1.54, 1.807) is 24.3 Å². The molecule has 0 aromatic carbocycles. The van der Waals surface area contributed by atoms with Gasteiger partial charge in [-0.1, -0.05) is 12.2 Å². The van der Waals surface area contributed by atoms with Gasteiger partial charge in [-0.3, -0.25) is 14.4 Å². The Kier molecular flexibility index (Phi) is 5.04. The van der Waals surface area contributed by atoms with Gasteiger partial charge < -0.3 is 4.74 Å². The van der Waals surface area contributed by atoms with Crippen LogP contribution >= 0.6 is 11.3 Å². The summed E-state index contributed by atoms with van der Waals surface area (Å²) < 4.78 is 4.94. The second kappa shape index (κ2) is 7.08. The van der Waals surface area contributed by atoms with Crippen molar-refractivity contribution < 1.29 is 19.1 Å². The molecule has 0 saturated heterocycles. The standard InChI is InChI=1S/C20H22O4S/c1-4-24-18(23)10-17(22)20(15-8-11(2)25-12(15)3)19-14-7-5-6-13(14)9-16(19)21/h5-6,8-9,14,19-20H,4,7,10H2,1-3H3. The van der Waals surface area contributed by atoms with Crippen LogP contribution in [0.4, 0.5) is 0 Å². The number of allylic oxidation sites excluding steroid dienone is 4. The third kappa shape index (κ3) is 3.38. The van der Waals surface area contributed by atoms with E-state index < -0.39 is 17.8 Å². The lowest BCUT2D eigenvalue weighted by Crippen LogP contribution is -2.31. The summed E-state index contributed by atoms with van der Waals surface area (Å²) >= 11 is 1.62. The number of Topliss-reactive ketones (excluding diaryl/α,β-unsaturated/α-hetero) is 1. The van der Waals surface area contributed by atoms with Crippen molar-refractivity contribution in [2.24, 2.45) is 11.8 Å². The number of rotatable bonds is 6. The number of ether oxygens (including phenoxy) is 1. The summed E-state index contributed by atoms with van der Waals surface area (Å²) in [4.78, 5) is 39.7. The molecule has 1 aromatic rings. The van der Waals surface area contributed by atoms with Crippen molar-refractivity contribution >= 4 is 28.9 Å². The number of hydrogen-bond acceptors (Lipinski definition) is 5. The van der Waals surface area contributed by atoms with Crippen LogP contribution in [-0.2, 0) is 19.1 Å². The van der Waals surface area contributed by atoms with E-state index in [0.29, 0.717) is 0 Å². The van der Waals surface area contributed by atoms with E-state index in [1.165, 1.54) is 0 Å². The minimum atomic E-state index is -0.583. The van der Waals surface area contributed by atoms with Crippen LogP contribution in [0.5, 0.6) is 0 Å². The molecular formula is C20H22O4S. The first-order valence-corrected chi connectivity index (χ1v) is 9.41. The summed E-state index contributed by atoms with van der Waals surface area (Å²) in [5.74, 6) is -1.71. The Bertz CT molecular complexity index is 784. The van der Waals surface area contributed by atoms with E-state index in [2.05, 4.69) is 6.08 Å². The molecule has 0 saturated carbocycles. The Balaban J connectivity index is 1.95. The Morgan fingerprint density at radius 1 is 1.36 bits per heavy atom. The number of hydrogen-bond donors (Lipinski definition) is 0. The van der Waals surface area contributed by atoms with Crippen LogP contribution in [0.3, 0.4) is 0 Å². The van der Waals surface area contributed by atoms with Crippen molar-refractivity contribution in [3.05, 3.63) is 45.2 Å². The topological polar surface area (TPSA) is 60.4 Å². The summed E-state index contributed by atoms with van der Waals surface area (Å²) in [6.45, 7) is 5.92. The van der Waals surface area contributed by atoms with Gasteiger partial charge in [0.05, 0.1) is 12.5 Å². The van der Waals surface area contributed by atoms with Crippen LogP contribution in [-0.4, -0.2) is 24.1 Å². The first kappa shape index (κ1) is 17.8. The molecule has 2 aliphatic rings. The second-order valence-electron chi connectivity index (χ2n) is 6.61. The molecule has 4 nitrogen and oxygen atoms in total. The third-order valence-electron chi connectivity index (χ3n) is 4.94. The van der Waals surface area contributed by atoms with Gasteiger partial charge in [0.1, 0.15) is 6.42 Å². The molecule has 1 heterocycles. The maximum absolute atomic E-state index is 13.0. The molecule has 3 unspecified atom stereocenters. The van der Waals surface area contributed by atoms with Crippen LogP contribution in [0.1, 0.15) is 41.0 Å². The van der Waals surface area contributed by atoms with Gasteiger partial charge in [0.15, 0.2) is 11.6 Å². The molecule has 2 aliphatic carbocycles. The van der Waals surface area contributed by atoms with E-state index in [-0.39, 0.29) is 30.5 Å². The molecule has 1 aromatic heterocycles. The fraction of sp³-hybridized carbons (Fsp3) is 0.450. The number of carbonyl (C=O) groups excluding carboxylic acids is 3. The maximum atomic E-state index is 13.0. The van der Waals surface area contributed by atoms with Crippen molar-refractivity contribution in [1.29, 1.82) is 0 Å². The van der Waals surface area contributed by atoms with Gasteiger partial charge in [0.25, 0.3) is 0 Å². The highest BCUT2D eigenvalue weighted by molar-refractivity contribution is 7.12. The number of carbonyl (C=O) groups is 3. The molecule has 25 heavy (non-hydrogen) atoms. The molecule has 3 atom stereocenters. The number of ketones is 2. The van der Waals surface area contributed by atoms with Crippen molar-refractivity contribution in [3.63, 3.8) is 0 Å². The third-order valence-corrected chi connectivity index (χ3v) is 5.93. The zero-order valence-electron chi connectivity index (χ0n) is 14.7. The quantitative estimate of drug-likeness (QED) is 0.575. The lowest BCUT2D eigenvalue weighted by atomic mass is 9.74. The molecular weight excluding hydrogens is 336 g/mol.